The van der Waals surface area contributed by atoms with Gasteiger partial charge in [0.1, 0.15) is 11.5 Å². The topological polar surface area (TPSA) is 35.5 Å². The maximum absolute atomic E-state index is 12.9. The molecule has 1 unspecified atom stereocenters. The number of benzene rings is 2. The molecule has 1 saturated carbocycles. The molecule has 0 radical (unpaired) electrons. The van der Waals surface area contributed by atoms with Crippen LogP contribution in [0.4, 0.5) is 0 Å². The van der Waals surface area contributed by atoms with Gasteiger partial charge in [-0.25, -0.2) is 0 Å². The maximum Gasteiger partial charge on any atom is 0.314 e. The SMILES string of the molecule is CCCCCC[C@@H](C)Oc1ccc(-c2ccc(OC(=O)C3CCC(CCCCCCCCC(C)CC)CC3)cc2)cc1. The van der Waals surface area contributed by atoms with Crippen LogP contribution in [0, 0.1) is 17.8 Å². The molecule has 1 fully saturated rings. The van der Waals surface area contributed by atoms with E-state index in [1.807, 2.05) is 24.3 Å². The van der Waals surface area contributed by atoms with Gasteiger partial charge in [-0.2, -0.15) is 0 Å². The Balaban J connectivity index is 1.31. The van der Waals surface area contributed by atoms with Gasteiger partial charge in [0.15, 0.2) is 0 Å². The largest absolute Gasteiger partial charge is 0.491 e. The average molecular weight is 577 g/mol. The molecular formula is C39H60O3. The molecule has 2 aromatic rings. The van der Waals surface area contributed by atoms with Crippen molar-refractivity contribution in [2.45, 2.75) is 149 Å². The number of hydrogen-bond donors (Lipinski definition) is 0. The van der Waals surface area contributed by atoms with E-state index in [-0.39, 0.29) is 18.0 Å². The van der Waals surface area contributed by atoms with Crippen molar-refractivity contribution in [1.82, 2.24) is 0 Å². The number of hydrogen-bond acceptors (Lipinski definition) is 3. The maximum atomic E-state index is 12.9. The van der Waals surface area contributed by atoms with E-state index < -0.39 is 0 Å². The Hall–Kier alpha value is -2.29. The first-order valence-corrected chi connectivity index (χ1v) is 17.6. The molecule has 3 rings (SSSR count). The van der Waals surface area contributed by atoms with Crippen LogP contribution in [-0.2, 0) is 4.79 Å². The first kappa shape index (κ1) is 34.2. The fraction of sp³-hybridized carbons (Fsp3) is 0.667. The molecule has 234 valence electrons. The van der Waals surface area contributed by atoms with Crippen molar-refractivity contribution in [2.75, 3.05) is 0 Å². The third kappa shape index (κ3) is 12.9. The molecule has 1 aliphatic rings. The first-order valence-electron chi connectivity index (χ1n) is 17.6. The van der Waals surface area contributed by atoms with E-state index >= 15 is 0 Å². The van der Waals surface area contributed by atoms with Crippen LogP contribution in [0.3, 0.4) is 0 Å². The molecule has 1 aliphatic carbocycles. The van der Waals surface area contributed by atoms with Crippen LogP contribution in [-0.4, -0.2) is 12.1 Å². The van der Waals surface area contributed by atoms with Gasteiger partial charge in [0.25, 0.3) is 0 Å². The van der Waals surface area contributed by atoms with Gasteiger partial charge in [0.2, 0.25) is 0 Å². The van der Waals surface area contributed by atoms with Gasteiger partial charge in [-0.1, -0.05) is 122 Å². The lowest BCUT2D eigenvalue weighted by atomic mass is 9.79. The molecule has 0 aliphatic heterocycles. The number of unbranched alkanes of at least 4 members (excludes halogenated alkanes) is 8. The normalized spacial score (nSPS) is 18.4. The molecule has 2 atom stereocenters. The molecule has 3 heteroatoms. The number of esters is 1. The fourth-order valence-corrected chi connectivity index (χ4v) is 6.31. The van der Waals surface area contributed by atoms with Crippen molar-refractivity contribution in [3.63, 3.8) is 0 Å². The number of ether oxygens (including phenoxy) is 2. The Morgan fingerprint density at radius 1 is 0.690 bits per heavy atom. The van der Waals surface area contributed by atoms with Crippen molar-refractivity contribution >= 4 is 5.97 Å². The Kier molecular flexibility index (Phi) is 16.1. The Morgan fingerprint density at radius 3 is 1.86 bits per heavy atom. The summed E-state index contributed by atoms with van der Waals surface area (Å²) in [5, 5.41) is 0. The van der Waals surface area contributed by atoms with Gasteiger partial charge >= 0.3 is 5.97 Å². The molecule has 0 heterocycles. The lowest BCUT2D eigenvalue weighted by Gasteiger charge is -2.27. The van der Waals surface area contributed by atoms with Crippen LogP contribution < -0.4 is 9.47 Å². The highest BCUT2D eigenvalue weighted by atomic mass is 16.5. The summed E-state index contributed by atoms with van der Waals surface area (Å²) in [6, 6.07) is 16.2. The molecule has 0 aromatic heterocycles. The second kappa shape index (κ2) is 19.8. The van der Waals surface area contributed by atoms with Crippen molar-refractivity contribution in [3.8, 4) is 22.6 Å². The van der Waals surface area contributed by atoms with E-state index in [0.717, 1.165) is 48.0 Å². The van der Waals surface area contributed by atoms with Gasteiger partial charge in [0, 0.05) is 0 Å². The Labute approximate surface area is 258 Å². The van der Waals surface area contributed by atoms with Gasteiger partial charge in [-0.05, 0) is 92.7 Å². The van der Waals surface area contributed by atoms with Crippen LogP contribution >= 0.6 is 0 Å². The fourth-order valence-electron chi connectivity index (χ4n) is 6.31. The molecule has 0 N–H and O–H groups in total. The quantitative estimate of drug-likeness (QED) is 0.0893. The smallest absolute Gasteiger partial charge is 0.314 e. The van der Waals surface area contributed by atoms with Crippen molar-refractivity contribution in [3.05, 3.63) is 48.5 Å². The summed E-state index contributed by atoms with van der Waals surface area (Å²) >= 11 is 0. The molecule has 2 aromatic carbocycles. The van der Waals surface area contributed by atoms with Crippen LogP contribution in [0.2, 0.25) is 0 Å². The average Bonchev–Trinajstić information content (AvgIpc) is 3.01. The molecule has 3 nitrogen and oxygen atoms in total. The van der Waals surface area contributed by atoms with Crippen molar-refractivity contribution < 1.29 is 14.3 Å². The van der Waals surface area contributed by atoms with Crippen molar-refractivity contribution in [2.24, 2.45) is 17.8 Å². The second-order valence-electron chi connectivity index (χ2n) is 13.2. The Morgan fingerprint density at radius 2 is 1.24 bits per heavy atom. The molecule has 0 saturated heterocycles. The highest BCUT2D eigenvalue weighted by Gasteiger charge is 2.27. The predicted molar refractivity (Wildman–Crippen MR) is 178 cm³/mol. The molecular weight excluding hydrogens is 516 g/mol. The minimum atomic E-state index is -0.0519. The van der Waals surface area contributed by atoms with E-state index in [0.29, 0.717) is 5.75 Å². The minimum Gasteiger partial charge on any atom is -0.491 e. The van der Waals surface area contributed by atoms with Crippen LogP contribution in [0.1, 0.15) is 143 Å². The summed E-state index contributed by atoms with van der Waals surface area (Å²) in [6.07, 6.45) is 23.1. The Bertz CT molecular complexity index is 972. The monoisotopic (exact) mass is 576 g/mol. The standard InChI is InChI=1S/C39H60O3/c1-5-7-8-14-17-32(4)41-37-27-23-34(24-28-37)35-25-29-38(30-26-35)42-39(40)36-21-19-33(20-22-36)18-15-12-10-9-11-13-16-31(3)6-2/h23-33,36H,5-22H2,1-4H3/t31?,32-,33?,36?/m1/s1. The van der Waals surface area contributed by atoms with Crippen LogP contribution in [0.5, 0.6) is 11.5 Å². The molecule has 42 heavy (non-hydrogen) atoms. The zero-order chi connectivity index (χ0) is 30.0. The van der Waals surface area contributed by atoms with Crippen LogP contribution in [0.25, 0.3) is 11.1 Å². The molecule has 0 amide bonds. The summed E-state index contributed by atoms with van der Waals surface area (Å²) in [4.78, 5) is 12.9. The van der Waals surface area contributed by atoms with E-state index in [2.05, 4.69) is 52.0 Å². The summed E-state index contributed by atoms with van der Waals surface area (Å²) in [6.45, 7) is 9.07. The number of carbonyl (C=O) groups excluding carboxylic acids is 1. The zero-order valence-corrected chi connectivity index (χ0v) is 27.4. The van der Waals surface area contributed by atoms with Gasteiger partial charge < -0.3 is 9.47 Å². The van der Waals surface area contributed by atoms with Crippen molar-refractivity contribution in [1.29, 1.82) is 0 Å². The molecule has 0 bridgehead atoms. The highest BCUT2D eigenvalue weighted by Crippen LogP contribution is 2.33. The van der Waals surface area contributed by atoms with Gasteiger partial charge in [-0.15, -0.1) is 0 Å². The summed E-state index contributed by atoms with van der Waals surface area (Å²) in [5.74, 6) is 3.25. The lowest BCUT2D eigenvalue weighted by molar-refractivity contribution is -0.140. The molecule has 0 spiro atoms. The highest BCUT2D eigenvalue weighted by molar-refractivity contribution is 5.75. The van der Waals surface area contributed by atoms with Crippen LogP contribution in [0.15, 0.2) is 48.5 Å². The summed E-state index contributed by atoms with van der Waals surface area (Å²) < 4.78 is 11.9. The van der Waals surface area contributed by atoms with E-state index in [9.17, 15) is 4.79 Å². The third-order valence-electron chi connectivity index (χ3n) is 9.50. The van der Waals surface area contributed by atoms with Gasteiger partial charge in [0.05, 0.1) is 12.0 Å². The van der Waals surface area contributed by atoms with E-state index in [4.69, 9.17) is 9.47 Å². The number of carbonyl (C=O) groups is 1. The lowest BCUT2D eigenvalue weighted by Crippen LogP contribution is -2.25. The zero-order valence-electron chi connectivity index (χ0n) is 27.4. The first-order chi connectivity index (χ1) is 20.5. The summed E-state index contributed by atoms with van der Waals surface area (Å²) in [7, 11) is 0. The predicted octanol–water partition coefficient (Wildman–Crippen LogP) is 12.0. The van der Waals surface area contributed by atoms with E-state index in [1.54, 1.807) is 0 Å². The minimum absolute atomic E-state index is 0.0491. The van der Waals surface area contributed by atoms with Gasteiger partial charge in [-0.3, -0.25) is 4.79 Å². The van der Waals surface area contributed by atoms with E-state index in [1.165, 1.54) is 96.3 Å². The number of rotatable bonds is 20. The second-order valence-corrected chi connectivity index (χ2v) is 13.2. The third-order valence-corrected chi connectivity index (χ3v) is 9.50. The summed E-state index contributed by atoms with van der Waals surface area (Å²) in [5.41, 5.74) is 2.25.